The van der Waals surface area contributed by atoms with Crippen molar-refractivity contribution < 1.29 is 9.59 Å². The van der Waals surface area contributed by atoms with Gasteiger partial charge in [0, 0.05) is 12.0 Å². The minimum absolute atomic E-state index is 0.0152. The van der Waals surface area contributed by atoms with Crippen LogP contribution >= 0.6 is 0 Å². The predicted octanol–water partition coefficient (Wildman–Crippen LogP) is 2.63. The number of carbonyl (C=O) groups is 2. The van der Waals surface area contributed by atoms with Gasteiger partial charge in [-0.1, -0.05) is 13.0 Å². The van der Waals surface area contributed by atoms with E-state index in [4.69, 9.17) is 0 Å². The Labute approximate surface area is 109 Å². The Hall–Kier alpha value is -1.64. The van der Waals surface area contributed by atoms with Gasteiger partial charge in [0.2, 0.25) is 5.91 Å². The summed E-state index contributed by atoms with van der Waals surface area (Å²) in [6.07, 6.45) is 0.401. The number of carbonyl (C=O) groups excluding carboxylic acids is 2. The summed E-state index contributed by atoms with van der Waals surface area (Å²) in [4.78, 5) is 23.4. The molecule has 0 radical (unpaired) electrons. The summed E-state index contributed by atoms with van der Waals surface area (Å²) in [6.45, 7) is 9.77. The Morgan fingerprint density at radius 2 is 1.56 bits per heavy atom. The molecule has 3 nitrogen and oxygen atoms in total. The van der Waals surface area contributed by atoms with Crippen molar-refractivity contribution in [3.8, 4) is 0 Å². The zero-order valence-corrected chi connectivity index (χ0v) is 11.8. The number of benzene rings is 1. The number of nitrogens with one attached hydrogen (secondary N) is 1. The molecular weight excluding hydrogens is 226 g/mol. The van der Waals surface area contributed by atoms with Crippen LogP contribution in [-0.2, 0) is 4.79 Å². The number of aryl methyl sites for hydroxylation is 2. The van der Waals surface area contributed by atoms with Crippen LogP contribution in [0.3, 0.4) is 0 Å². The van der Waals surface area contributed by atoms with Crippen LogP contribution in [0.15, 0.2) is 6.07 Å². The summed E-state index contributed by atoms with van der Waals surface area (Å²) in [5.74, 6) is -0.110. The van der Waals surface area contributed by atoms with Crippen LogP contribution in [0, 0.1) is 27.7 Å². The number of hydrogen-bond donors (Lipinski definition) is 1. The lowest BCUT2D eigenvalue weighted by Crippen LogP contribution is -2.29. The average molecular weight is 247 g/mol. The van der Waals surface area contributed by atoms with Gasteiger partial charge in [0.05, 0.1) is 6.54 Å². The van der Waals surface area contributed by atoms with Crippen molar-refractivity contribution in [3.05, 3.63) is 33.9 Å². The van der Waals surface area contributed by atoms with Gasteiger partial charge in [-0.25, -0.2) is 0 Å². The Morgan fingerprint density at radius 3 is 2.00 bits per heavy atom. The maximum Gasteiger partial charge on any atom is 0.220 e. The fourth-order valence-corrected chi connectivity index (χ4v) is 2.03. The first kappa shape index (κ1) is 14.4. The fraction of sp³-hybridized carbons (Fsp3) is 0.467. The smallest absolute Gasteiger partial charge is 0.220 e. The number of rotatable bonds is 4. The van der Waals surface area contributed by atoms with Gasteiger partial charge < -0.3 is 5.32 Å². The minimum Gasteiger partial charge on any atom is -0.349 e. The summed E-state index contributed by atoms with van der Waals surface area (Å²) in [5, 5.41) is 2.64. The lowest BCUT2D eigenvalue weighted by Gasteiger charge is -2.14. The molecule has 1 N–H and O–H groups in total. The number of amides is 1. The maximum atomic E-state index is 12.2. The van der Waals surface area contributed by atoms with E-state index < -0.39 is 0 Å². The van der Waals surface area contributed by atoms with Crippen molar-refractivity contribution >= 4 is 11.7 Å². The molecule has 1 aromatic rings. The molecule has 3 heteroatoms. The molecule has 18 heavy (non-hydrogen) atoms. The normalized spacial score (nSPS) is 10.3. The SMILES string of the molecule is CCC(=O)NCC(=O)c1c(C)c(C)cc(C)c1C. The van der Waals surface area contributed by atoms with E-state index in [2.05, 4.69) is 11.4 Å². The monoisotopic (exact) mass is 247 g/mol. The highest BCUT2D eigenvalue weighted by Crippen LogP contribution is 2.21. The van der Waals surface area contributed by atoms with Crippen LogP contribution in [0.2, 0.25) is 0 Å². The molecule has 0 aliphatic carbocycles. The van der Waals surface area contributed by atoms with Crippen LogP contribution in [0.25, 0.3) is 0 Å². The van der Waals surface area contributed by atoms with Crippen molar-refractivity contribution in [2.75, 3.05) is 6.54 Å². The van der Waals surface area contributed by atoms with Crippen LogP contribution in [0.5, 0.6) is 0 Å². The molecule has 0 aliphatic heterocycles. The standard InChI is InChI=1S/C15H21NO2/c1-6-14(18)16-8-13(17)15-11(4)9(2)7-10(3)12(15)5/h7H,6,8H2,1-5H3,(H,16,18). The van der Waals surface area contributed by atoms with Gasteiger partial charge in [-0.2, -0.15) is 0 Å². The third-order valence-corrected chi connectivity index (χ3v) is 3.41. The highest BCUT2D eigenvalue weighted by molar-refractivity contribution is 6.02. The lowest BCUT2D eigenvalue weighted by atomic mass is 9.91. The highest BCUT2D eigenvalue weighted by Gasteiger charge is 2.15. The van der Waals surface area contributed by atoms with E-state index >= 15 is 0 Å². The van der Waals surface area contributed by atoms with Gasteiger partial charge in [-0.05, 0) is 49.9 Å². The van der Waals surface area contributed by atoms with E-state index in [1.54, 1.807) is 6.92 Å². The number of ketones is 1. The molecule has 1 aromatic carbocycles. The molecule has 0 saturated carbocycles. The van der Waals surface area contributed by atoms with E-state index in [-0.39, 0.29) is 18.2 Å². The third-order valence-electron chi connectivity index (χ3n) is 3.41. The molecule has 98 valence electrons. The summed E-state index contributed by atoms with van der Waals surface area (Å²) in [7, 11) is 0. The van der Waals surface area contributed by atoms with E-state index in [1.165, 1.54) is 0 Å². The van der Waals surface area contributed by atoms with Gasteiger partial charge in [0.15, 0.2) is 5.78 Å². The molecule has 1 rings (SSSR count). The zero-order chi connectivity index (χ0) is 13.9. The van der Waals surface area contributed by atoms with E-state index in [0.717, 1.165) is 27.8 Å². The Kier molecular flexibility index (Phi) is 4.65. The molecule has 0 aliphatic rings. The van der Waals surface area contributed by atoms with Crippen LogP contribution in [0.1, 0.15) is 46.0 Å². The van der Waals surface area contributed by atoms with Crippen molar-refractivity contribution in [1.82, 2.24) is 5.32 Å². The second-order valence-electron chi connectivity index (χ2n) is 4.69. The van der Waals surface area contributed by atoms with Crippen molar-refractivity contribution in [2.45, 2.75) is 41.0 Å². The molecular formula is C15H21NO2. The summed E-state index contributed by atoms with van der Waals surface area (Å²) in [5.41, 5.74) is 5.00. The molecule has 0 fully saturated rings. The third kappa shape index (κ3) is 2.97. The fourth-order valence-electron chi connectivity index (χ4n) is 2.03. The van der Waals surface area contributed by atoms with Gasteiger partial charge in [-0.3, -0.25) is 9.59 Å². The average Bonchev–Trinajstić information content (AvgIpc) is 2.33. The Balaban J connectivity index is 3.02. The molecule has 0 aromatic heterocycles. The summed E-state index contributed by atoms with van der Waals surface area (Å²) in [6, 6.07) is 2.09. The predicted molar refractivity (Wildman–Crippen MR) is 73.0 cm³/mol. The van der Waals surface area contributed by atoms with Gasteiger partial charge in [0.25, 0.3) is 0 Å². The quantitative estimate of drug-likeness (QED) is 0.831. The lowest BCUT2D eigenvalue weighted by molar-refractivity contribution is -0.120. The molecule has 0 saturated heterocycles. The first-order valence-corrected chi connectivity index (χ1v) is 6.25. The molecule has 0 spiro atoms. The Bertz CT molecular complexity index is 464. The first-order chi connectivity index (χ1) is 8.38. The zero-order valence-electron chi connectivity index (χ0n) is 11.8. The van der Waals surface area contributed by atoms with Gasteiger partial charge in [0.1, 0.15) is 0 Å². The topological polar surface area (TPSA) is 46.2 Å². The number of Topliss-reactive ketones (excluding diaryl/α,β-unsaturated/α-hetero) is 1. The van der Waals surface area contributed by atoms with Crippen LogP contribution < -0.4 is 5.32 Å². The van der Waals surface area contributed by atoms with E-state index in [0.29, 0.717) is 6.42 Å². The van der Waals surface area contributed by atoms with Crippen LogP contribution in [-0.4, -0.2) is 18.2 Å². The largest absolute Gasteiger partial charge is 0.349 e. The van der Waals surface area contributed by atoms with Crippen LogP contribution in [0.4, 0.5) is 0 Å². The summed E-state index contributed by atoms with van der Waals surface area (Å²) >= 11 is 0. The van der Waals surface area contributed by atoms with Crippen molar-refractivity contribution in [3.63, 3.8) is 0 Å². The van der Waals surface area contributed by atoms with Gasteiger partial charge >= 0.3 is 0 Å². The van der Waals surface area contributed by atoms with E-state index in [9.17, 15) is 9.59 Å². The number of hydrogen-bond acceptors (Lipinski definition) is 2. The molecule has 1 amide bonds. The molecule has 0 atom stereocenters. The highest BCUT2D eigenvalue weighted by atomic mass is 16.2. The maximum absolute atomic E-state index is 12.2. The first-order valence-electron chi connectivity index (χ1n) is 6.25. The second kappa shape index (κ2) is 5.80. The van der Waals surface area contributed by atoms with Crippen molar-refractivity contribution in [2.24, 2.45) is 0 Å². The van der Waals surface area contributed by atoms with E-state index in [1.807, 2.05) is 27.7 Å². The molecule has 0 bridgehead atoms. The summed E-state index contributed by atoms with van der Waals surface area (Å²) < 4.78 is 0. The molecule has 0 heterocycles. The Morgan fingerprint density at radius 1 is 1.06 bits per heavy atom. The van der Waals surface area contributed by atoms with Gasteiger partial charge in [-0.15, -0.1) is 0 Å². The second-order valence-corrected chi connectivity index (χ2v) is 4.69. The van der Waals surface area contributed by atoms with Crippen molar-refractivity contribution in [1.29, 1.82) is 0 Å². The minimum atomic E-state index is -0.0944. The molecule has 0 unspecified atom stereocenters.